The molecule has 0 amide bonds. The van der Waals surface area contributed by atoms with Crippen molar-refractivity contribution >= 4 is 0 Å². The van der Waals surface area contributed by atoms with Crippen LogP contribution < -0.4 is 0 Å². The van der Waals surface area contributed by atoms with E-state index in [1.807, 2.05) is 24.3 Å². The molecule has 0 radical (unpaired) electrons. The largest absolute Gasteiger partial charge is 0.507 e. The third kappa shape index (κ3) is 5.97. The quantitative estimate of drug-likeness (QED) is 0.455. The van der Waals surface area contributed by atoms with E-state index in [1.54, 1.807) is 24.3 Å². The van der Waals surface area contributed by atoms with Gasteiger partial charge < -0.3 is 14.9 Å². The standard InChI is InChI=1S/C26H30O3/c1-5-9-21-13-19(14-22(10-6-2)25(21)27)17-29-18-20-15-23(11-7-3)26(28)24(16-20)12-8-4/h5-8,13-16,27-28H,1-4,9-12,17-18H2. The summed E-state index contributed by atoms with van der Waals surface area (Å²) >= 11 is 0. The zero-order chi connectivity index (χ0) is 21.2. The number of hydrogen-bond donors (Lipinski definition) is 2. The van der Waals surface area contributed by atoms with Crippen LogP contribution in [0, 0.1) is 0 Å². The van der Waals surface area contributed by atoms with E-state index in [-0.39, 0.29) is 0 Å². The molecule has 0 aliphatic carbocycles. The minimum absolute atomic E-state index is 0.301. The van der Waals surface area contributed by atoms with Crippen molar-refractivity contribution in [1.82, 2.24) is 0 Å². The summed E-state index contributed by atoms with van der Waals surface area (Å²) in [6.07, 6.45) is 9.47. The number of rotatable bonds is 12. The first-order chi connectivity index (χ1) is 14.0. The third-order valence-electron chi connectivity index (χ3n) is 4.65. The number of phenols is 2. The van der Waals surface area contributed by atoms with Gasteiger partial charge in [-0.3, -0.25) is 0 Å². The lowest BCUT2D eigenvalue weighted by molar-refractivity contribution is 0.107. The van der Waals surface area contributed by atoms with Crippen LogP contribution in [0.2, 0.25) is 0 Å². The fourth-order valence-corrected chi connectivity index (χ4v) is 3.36. The molecular formula is C26H30O3. The van der Waals surface area contributed by atoms with Gasteiger partial charge in [0, 0.05) is 0 Å². The topological polar surface area (TPSA) is 49.7 Å². The van der Waals surface area contributed by atoms with Gasteiger partial charge in [0.2, 0.25) is 0 Å². The molecule has 0 unspecified atom stereocenters. The summed E-state index contributed by atoms with van der Waals surface area (Å²) in [7, 11) is 0. The van der Waals surface area contributed by atoms with Crippen molar-refractivity contribution in [2.45, 2.75) is 38.9 Å². The highest BCUT2D eigenvalue weighted by Crippen LogP contribution is 2.28. The van der Waals surface area contributed by atoms with Gasteiger partial charge in [0.15, 0.2) is 0 Å². The molecule has 0 aliphatic rings. The Morgan fingerprint density at radius 3 is 1.10 bits per heavy atom. The van der Waals surface area contributed by atoms with E-state index < -0.39 is 0 Å². The summed E-state index contributed by atoms with van der Waals surface area (Å²) in [6, 6.07) is 7.80. The number of allylic oxidation sites excluding steroid dienone is 4. The Hall–Kier alpha value is -3.04. The molecule has 3 nitrogen and oxygen atoms in total. The van der Waals surface area contributed by atoms with Crippen molar-refractivity contribution in [3.8, 4) is 11.5 Å². The maximum absolute atomic E-state index is 10.4. The van der Waals surface area contributed by atoms with Gasteiger partial charge in [0.1, 0.15) is 11.5 Å². The number of ether oxygens (including phenoxy) is 1. The molecule has 2 rings (SSSR count). The van der Waals surface area contributed by atoms with E-state index in [0.717, 1.165) is 33.4 Å². The predicted octanol–water partition coefficient (Wildman–Crippen LogP) is 5.73. The van der Waals surface area contributed by atoms with E-state index in [9.17, 15) is 10.2 Å². The molecule has 2 N–H and O–H groups in total. The van der Waals surface area contributed by atoms with Crippen molar-refractivity contribution in [2.24, 2.45) is 0 Å². The second-order valence-electron chi connectivity index (χ2n) is 6.99. The van der Waals surface area contributed by atoms with Crippen LogP contribution in [-0.4, -0.2) is 10.2 Å². The zero-order valence-electron chi connectivity index (χ0n) is 17.0. The van der Waals surface area contributed by atoms with Gasteiger partial charge >= 0.3 is 0 Å². The maximum atomic E-state index is 10.4. The zero-order valence-corrected chi connectivity index (χ0v) is 17.0. The number of phenolic OH excluding ortho intramolecular Hbond substituents is 2. The number of benzene rings is 2. The van der Waals surface area contributed by atoms with Crippen LogP contribution in [0.3, 0.4) is 0 Å². The first-order valence-electron chi connectivity index (χ1n) is 9.72. The molecule has 0 saturated carbocycles. The van der Waals surface area contributed by atoms with Crippen molar-refractivity contribution < 1.29 is 14.9 Å². The average molecular weight is 391 g/mol. The Morgan fingerprint density at radius 2 is 0.862 bits per heavy atom. The SMILES string of the molecule is C=CCc1cc(COCc2cc(CC=C)c(O)c(CC=C)c2)cc(CC=C)c1O. The van der Waals surface area contributed by atoms with Crippen LogP contribution in [0.1, 0.15) is 33.4 Å². The van der Waals surface area contributed by atoms with Crippen LogP contribution in [-0.2, 0) is 43.6 Å². The predicted molar refractivity (Wildman–Crippen MR) is 120 cm³/mol. The highest BCUT2D eigenvalue weighted by molar-refractivity contribution is 5.46. The highest BCUT2D eigenvalue weighted by Gasteiger charge is 2.11. The molecule has 0 aliphatic heterocycles. The van der Waals surface area contributed by atoms with Gasteiger partial charge in [-0.1, -0.05) is 24.3 Å². The minimum Gasteiger partial charge on any atom is -0.507 e. The second kappa shape index (κ2) is 11.1. The van der Waals surface area contributed by atoms with Crippen LogP contribution in [0.25, 0.3) is 0 Å². The Kier molecular flexibility index (Phi) is 8.50. The maximum Gasteiger partial charge on any atom is 0.122 e. The van der Waals surface area contributed by atoms with E-state index in [0.29, 0.717) is 50.4 Å². The molecule has 0 spiro atoms. The van der Waals surface area contributed by atoms with Gasteiger partial charge in [-0.2, -0.15) is 0 Å². The normalized spacial score (nSPS) is 10.5. The minimum atomic E-state index is 0.301. The lowest BCUT2D eigenvalue weighted by atomic mass is 9.99. The molecule has 0 heterocycles. The van der Waals surface area contributed by atoms with Gasteiger partial charge in [-0.05, 0) is 83.3 Å². The number of hydrogen-bond acceptors (Lipinski definition) is 3. The summed E-state index contributed by atoms with van der Waals surface area (Å²) in [6.45, 7) is 15.9. The Balaban J connectivity index is 2.18. The molecule has 152 valence electrons. The van der Waals surface area contributed by atoms with Crippen molar-refractivity contribution in [1.29, 1.82) is 0 Å². The van der Waals surface area contributed by atoms with Crippen molar-refractivity contribution in [3.63, 3.8) is 0 Å². The average Bonchev–Trinajstić information content (AvgIpc) is 2.69. The summed E-state index contributed by atoms with van der Waals surface area (Å²) in [4.78, 5) is 0. The highest BCUT2D eigenvalue weighted by atomic mass is 16.5. The third-order valence-corrected chi connectivity index (χ3v) is 4.65. The molecule has 2 aromatic carbocycles. The Morgan fingerprint density at radius 1 is 0.586 bits per heavy atom. The summed E-state index contributed by atoms with van der Waals surface area (Å²) in [5.74, 6) is 0.602. The van der Waals surface area contributed by atoms with Crippen LogP contribution in [0.15, 0.2) is 74.9 Å². The Bertz CT molecular complexity index is 757. The molecule has 0 saturated heterocycles. The van der Waals surface area contributed by atoms with Gasteiger partial charge in [0.05, 0.1) is 13.2 Å². The first kappa shape index (κ1) is 22.3. The molecule has 0 bridgehead atoms. The monoisotopic (exact) mass is 390 g/mol. The second-order valence-corrected chi connectivity index (χ2v) is 6.99. The molecule has 3 heteroatoms. The molecular weight excluding hydrogens is 360 g/mol. The van der Waals surface area contributed by atoms with Crippen molar-refractivity contribution in [3.05, 3.63) is 108 Å². The lowest BCUT2D eigenvalue weighted by Gasteiger charge is -2.14. The van der Waals surface area contributed by atoms with Crippen LogP contribution in [0.4, 0.5) is 0 Å². The van der Waals surface area contributed by atoms with E-state index >= 15 is 0 Å². The molecule has 0 atom stereocenters. The molecule has 29 heavy (non-hydrogen) atoms. The van der Waals surface area contributed by atoms with E-state index in [1.165, 1.54) is 0 Å². The smallest absolute Gasteiger partial charge is 0.122 e. The molecule has 2 aromatic rings. The Labute approximate surface area is 174 Å². The van der Waals surface area contributed by atoms with E-state index in [4.69, 9.17) is 4.74 Å². The first-order valence-corrected chi connectivity index (χ1v) is 9.72. The number of aromatic hydroxyl groups is 2. The molecule has 0 fully saturated rings. The molecule has 0 aromatic heterocycles. The fourth-order valence-electron chi connectivity index (χ4n) is 3.36. The van der Waals surface area contributed by atoms with E-state index in [2.05, 4.69) is 26.3 Å². The van der Waals surface area contributed by atoms with Gasteiger partial charge in [-0.15, -0.1) is 26.3 Å². The van der Waals surface area contributed by atoms with Crippen LogP contribution >= 0.6 is 0 Å². The summed E-state index contributed by atoms with van der Waals surface area (Å²) in [5.41, 5.74) is 5.34. The van der Waals surface area contributed by atoms with Gasteiger partial charge in [-0.25, -0.2) is 0 Å². The lowest BCUT2D eigenvalue weighted by Crippen LogP contribution is -2.00. The fraction of sp³-hybridized carbons (Fsp3) is 0.231. The van der Waals surface area contributed by atoms with Crippen molar-refractivity contribution in [2.75, 3.05) is 0 Å². The van der Waals surface area contributed by atoms with Gasteiger partial charge in [0.25, 0.3) is 0 Å². The summed E-state index contributed by atoms with van der Waals surface area (Å²) in [5, 5.41) is 20.8. The van der Waals surface area contributed by atoms with Crippen LogP contribution in [0.5, 0.6) is 11.5 Å². The summed E-state index contributed by atoms with van der Waals surface area (Å²) < 4.78 is 5.95.